The van der Waals surface area contributed by atoms with Gasteiger partial charge in [-0.3, -0.25) is 9.59 Å². The molecule has 0 radical (unpaired) electrons. The number of rotatable bonds is 10. The molecule has 9 nitrogen and oxygen atoms in total. The summed E-state index contributed by atoms with van der Waals surface area (Å²) >= 11 is 3.21. The lowest BCUT2D eigenvalue weighted by molar-refractivity contribution is -0.147. The summed E-state index contributed by atoms with van der Waals surface area (Å²) in [5.74, 6) is -0.287. The van der Waals surface area contributed by atoms with Gasteiger partial charge in [-0.05, 0) is 43.2 Å². The summed E-state index contributed by atoms with van der Waals surface area (Å²) in [6.45, 7) is 2.53. The molecule has 1 aliphatic heterocycles. The van der Waals surface area contributed by atoms with Crippen molar-refractivity contribution in [2.75, 3.05) is 44.0 Å². The van der Waals surface area contributed by atoms with Gasteiger partial charge in [-0.25, -0.2) is 13.4 Å². The van der Waals surface area contributed by atoms with Gasteiger partial charge in [0.25, 0.3) is 5.91 Å². The van der Waals surface area contributed by atoms with Crippen molar-refractivity contribution in [3.05, 3.63) is 48.0 Å². The number of para-hydroxylation sites is 1. The van der Waals surface area contributed by atoms with Crippen molar-refractivity contribution in [1.82, 2.24) is 9.29 Å². The van der Waals surface area contributed by atoms with Gasteiger partial charge >= 0.3 is 5.97 Å². The maximum atomic E-state index is 13.0. The first-order valence-electron chi connectivity index (χ1n) is 11.5. The average molecular weight is 550 g/mol. The number of nitrogens with zero attached hydrogens (tertiary/aromatic N) is 2. The summed E-state index contributed by atoms with van der Waals surface area (Å²) < 4.78 is 39.8. The second-order valence-corrected chi connectivity index (χ2v) is 12.4. The Bertz CT molecular complexity index is 1300. The SMILES string of the molecule is Cc1ccc(NC(=O)COC(=O)CCCSc2nc3ccccc3s2)cc1S(=O)(=O)N1CCOCC1. The number of hydrogen-bond donors (Lipinski definition) is 1. The van der Waals surface area contributed by atoms with E-state index >= 15 is 0 Å². The summed E-state index contributed by atoms with van der Waals surface area (Å²) in [7, 11) is -3.71. The van der Waals surface area contributed by atoms with Crippen LogP contribution < -0.4 is 5.32 Å². The van der Waals surface area contributed by atoms with Crippen LogP contribution in [0.1, 0.15) is 18.4 Å². The van der Waals surface area contributed by atoms with Crippen molar-refractivity contribution in [3.63, 3.8) is 0 Å². The predicted molar refractivity (Wildman–Crippen MR) is 140 cm³/mol. The van der Waals surface area contributed by atoms with E-state index in [0.29, 0.717) is 36.6 Å². The van der Waals surface area contributed by atoms with Crippen molar-refractivity contribution in [2.45, 2.75) is 29.0 Å². The van der Waals surface area contributed by atoms with Crippen LogP contribution in [-0.2, 0) is 29.1 Å². The number of carbonyl (C=O) groups is 2. The average Bonchev–Trinajstić information content (AvgIpc) is 3.30. The molecular formula is C24H27N3O6S3. The molecule has 1 aliphatic rings. The lowest BCUT2D eigenvalue weighted by Gasteiger charge is -2.26. The zero-order valence-electron chi connectivity index (χ0n) is 19.8. The van der Waals surface area contributed by atoms with Crippen molar-refractivity contribution in [2.24, 2.45) is 0 Å². The normalized spacial score (nSPS) is 14.6. The van der Waals surface area contributed by atoms with Crippen LogP contribution in [0.2, 0.25) is 0 Å². The zero-order chi connectivity index (χ0) is 25.5. The first-order chi connectivity index (χ1) is 17.3. The standard InChI is InChI=1S/C24H27N3O6S3/c1-17-8-9-18(15-21(17)36(30,31)27-10-12-32-13-11-27)25-22(28)16-33-23(29)7-4-14-34-24-26-19-5-2-3-6-20(19)35-24/h2-3,5-6,8-9,15H,4,7,10-14,16H2,1H3,(H,25,28). The van der Waals surface area contributed by atoms with Crippen LogP contribution >= 0.6 is 23.1 Å². The number of anilines is 1. The van der Waals surface area contributed by atoms with Gasteiger partial charge in [-0.1, -0.05) is 30.0 Å². The Hall–Kier alpha value is -2.51. The number of nitrogens with one attached hydrogen (secondary N) is 1. The minimum absolute atomic E-state index is 0.129. The van der Waals surface area contributed by atoms with Gasteiger partial charge in [0.2, 0.25) is 10.0 Å². The molecule has 0 bridgehead atoms. The number of aryl methyl sites for hydroxylation is 1. The van der Waals surface area contributed by atoms with Gasteiger partial charge in [-0.15, -0.1) is 11.3 Å². The maximum absolute atomic E-state index is 13.0. The molecule has 1 saturated heterocycles. The van der Waals surface area contributed by atoms with E-state index in [4.69, 9.17) is 9.47 Å². The first-order valence-corrected chi connectivity index (χ1v) is 14.7. The number of hydrogen-bond acceptors (Lipinski definition) is 9. The fraction of sp³-hybridized carbons (Fsp3) is 0.375. The number of aromatic nitrogens is 1. The van der Waals surface area contributed by atoms with Crippen molar-refractivity contribution in [3.8, 4) is 0 Å². The number of benzene rings is 2. The van der Waals surface area contributed by atoms with Gasteiger partial charge in [0.15, 0.2) is 10.9 Å². The predicted octanol–water partition coefficient (Wildman–Crippen LogP) is 3.68. The fourth-order valence-corrected chi connectivity index (χ4v) is 7.32. The second kappa shape index (κ2) is 12.2. The van der Waals surface area contributed by atoms with Crippen molar-refractivity contribution >= 4 is 60.9 Å². The maximum Gasteiger partial charge on any atom is 0.306 e. The Morgan fingerprint density at radius 3 is 2.75 bits per heavy atom. The van der Waals surface area contributed by atoms with E-state index in [-0.39, 0.29) is 24.4 Å². The number of fused-ring (bicyclic) bond motifs is 1. The summed E-state index contributed by atoms with van der Waals surface area (Å²) in [4.78, 5) is 29.0. The van der Waals surface area contributed by atoms with Crippen molar-refractivity contribution < 1.29 is 27.5 Å². The van der Waals surface area contributed by atoms with Crippen molar-refractivity contribution in [1.29, 1.82) is 0 Å². The van der Waals surface area contributed by atoms with Crippen LogP contribution in [-0.4, -0.2) is 68.2 Å². The van der Waals surface area contributed by atoms with Gasteiger partial charge in [0.05, 0.1) is 28.3 Å². The molecule has 4 rings (SSSR count). The number of morpholine rings is 1. The first kappa shape index (κ1) is 26.6. The van der Waals surface area contributed by atoms with Gasteiger partial charge in [-0.2, -0.15) is 4.31 Å². The second-order valence-electron chi connectivity index (χ2n) is 8.11. The monoisotopic (exact) mass is 549 g/mol. The third-order valence-corrected chi connectivity index (χ3v) is 9.76. The van der Waals surface area contributed by atoms with Crippen LogP contribution in [0.15, 0.2) is 51.7 Å². The Morgan fingerprint density at radius 1 is 1.19 bits per heavy atom. The molecule has 192 valence electrons. The van der Waals surface area contributed by atoms with Gasteiger partial charge < -0.3 is 14.8 Å². The van der Waals surface area contributed by atoms with Crippen LogP contribution in [0.25, 0.3) is 10.2 Å². The molecule has 1 aromatic heterocycles. The van der Waals surface area contributed by atoms with Crippen LogP contribution in [0.4, 0.5) is 5.69 Å². The van der Waals surface area contributed by atoms with E-state index in [1.807, 2.05) is 24.3 Å². The molecule has 12 heteroatoms. The molecule has 0 atom stereocenters. The molecule has 3 aromatic rings. The molecule has 2 heterocycles. The number of carbonyl (C=O) groups excluding carboxylic acids is 2. The molecule has 0 aliphatic carbocycles. The lowest BCUT2D eigenvalue weighted by Crippen LogP contribution is -2.40. The molecule has 0 unspecified atom stereocenters. The highest BCUT2D eigenvalue weighted by atomic mass is 32.2. The van der Waals surface area contributed by atoms with Gasteiger partial charge in [0.1, 0.15) is 0 Å². The van der Waals surface area contributed by atoms with E-state index in [0.717, 1.165) is 14.6 Å². The van der Waals surface area contributed by atoms with E-state index < -0.39 is 28.5 Å². The topological polar surface area (TPSA) is 115 Å². The van der Waals surface area contributed by atoms with E-state index in [2.05, 4.69) is 10.3 Å². The fourth-order valence-electron chi connectivity index (χ4n) is 3.59. The molecule has 1 N–H and O–H groups in total. The molecule has 0 saturated carbocycles. The third kappa shape index (κ3) is 6.83. The quantitative estimate of drug-likeness (QED) is 0.231. The number of esters is 1. The molecule has 1 fully saturated rings. The molecule has 36 heavy (non-hydrogen) atoms. The number of thioether (sulfide) groups is 1. The molecular weight excluding hydrogens is 522 g/mol. The van der Waals surface area contributed by atoms with E-state index in [1.54, 1.807) is 42.2 Å². The highest BCUT2D eigenvalue weighted by molar-refractivity contribution is 8.01. The third-order valence-electron chi connectivity index (χ3n) is 5.45. The lowest BCUT2D eigenvalue weighted by atomic mass is 10.2. The summed E-state index contributed by atoms with van der Waals surface area (Å²) in [6.07, 6.45) is 0.791. The van der Waals surface area contributed by atoms with Crippen LogP contribution in [0, 0.1) is 6.92 Å². The largest absolute Gasteiger partial charge is 0.456 e. The summed E-state index contributed by atoms with van der Waals surface area (Å²) in [6, 6.07) is 12.6. The number of ether oxygens (including phenoxy) is 2. The van der Waals surface area contributed by atoms with Crippen LogP contribution in [0.3, 0.4) is 0 Å². The Morgan fingerprint density at radius 2 is 1.97 bits per heavy atom. The van der Waals surface area contributed by atoms with E-state index in [1.165, 1.54) is 10.4 Å². The molecule has 2 aromatic carbocycles. The minimum atomic E-state index is -3.71. The highest BCUT2D eigenvalue weighted by Crippen LogP contribution is 2.30. The molecule has 1 amide bonds. The Kier molecular flexibility index (Phi) is 8.96. The minimum Gasteiger partial charge on any atom is -0.456 e. The Labute approximate surface area is 218 Å². The smallest absolute Gasteiger partial charge is 0.306 e. The number of thiazole rings is 1. The number of sulfonamides is 1. The summed E-state index contributed by atoms with van der Waals surface area (Å²) in [5, 5.41) is 2.61. The summed E-state index contributed by atoms with van der Waals surface area (Å²) in [5.41, 5.74) is 1.87. The van der Waals surface area contributed by atoms with E-state index in [9.17, 15) is 18.0 Å². The van der Waals surface area contributed by atoms with Crippen LogP contribution in [0.5, 0.6) is 0 Å². The highest BCUT2D eigenvalue weighted by Gasteiger charge is 2.28. The number of amides is 1. The molecule has 0 spiro atoms. The zero-order valence-corrected chi connectivity index (χ0v) is 22.2. The Balaban J connectivity index is 1.21. The van der Waals surface area contributed by atoms with Gasteiger partial charge in [0, 0.05) is 31.0 Å².